The Morgan fingerprint density at radius 3 is 2.29 bits per heavy atom. The van der Waals surface area contributed by atoms with Gasteiger partial charge in [0.25, 0.3) is 0 Å². The van der Waals surface area contributed by atoms with Crippen molar-refractivity contribution in [1.82, 2.24) is 4.68 Å². The molecule has 0 radical (unpaired) electrons. The zero-order chi connectivity index (χ0) is 20.1. The molecule has 0 aliphatic rings. The Labute approximate surface area is 166 Å². The van der Waals surface area contributed by atoms with Crippen molar-refractivity contribution in [3.8, 4) is 17.0 Å². The van der Waals surface area contributed by atoms with Gasteiger partial charge in [0.1, 0.15) is 5.75 Å². The van der Waals surface area contributed by atoms with Gasteiger partial charge in [0.05, 0.1) is 11.9 Å². The lowest BCUT2D eigenvalue weighted by molar-refractivity contribution is -0.0498. The van der Waals surface area contributed by atoms with Crippen molar-refractivity contribution in [3.63, 3.8) is 0 Å². The van der Waals surface area contributed by atoms with Gasteiger partial charge in [0, 0.05) is 18.0 Å². The van der Waals surface area contributed by atoms with Crippen molar-refractivity contribution in [3.05, 3.63) is 69.8 Å². The highest BCUT2D eigenvalue weighted by Gasteiger charge is 2.09. The third-order valence-electron chi connectivity index (χ3n) is 4.18. The van der Waals surface area contributed by atoms with Crippen LogP contribution in [0.2, 0.25) is 0 Å². The van der Waals surface area contributed by atoms with Crippen molar-refractivity contribution in [1.29, 1.82) is 0 Å². The molecule has 0 saturated heterocycles. The van der Waals surface area contributed by atoms with Crippen LogP contribution >= 0.6 is 11.3 Å². The minimum Gasteiger partial charge on any atom is -0.435 e. The third-order valence-corrected chi connectivity index (χ3v) is 5.08. The van der Waals surface area contributed by atoms with E-state index in [0.29, 0.717) is 5.92 Å². The van der Waals surface area contributed by atoms with E-state index in [0.717, 1.165) is 21.6 Å². The number of ether oxygens (including phenoxy) is 1. The van der Waals surface area contributed by atoms with Gasteiger partial charge >= 0.3 is 6.61 Å². The molecule has 2 aromatic carbocycles. The lowest BCUT2D eigenvalue weighted by Crippen LogP contribution is -2.11. The summed E-state index contributed by atoms with van der Waals surface area (Å²) in [6.45, 7) is 1.47. The van der Waals surface area contributed by atoms with E-state index < -0.39 is 6.61 Å². The van der Waals surface area contributed by atoms with Crippen LogP contribution in [0, 0.1) is 0 Å². The van der Waals surface area contributed by atoms with Crippen LogP contribution in [0.5, 0.6) is 5.75 Å². The molecule has 1 heterocycles. The zero-order valence-corrected chi connectivity index (χ0v) is 16.7. The number of halogens is 2. The van der Waals surface area contributed by atoms with E-state index in [2.05, 4.69) is 40.8 Å². The van der Waals surface area contributed by atoms with E-state index >= 15 is 0 Å². The second-order valence-electron chi connectivity index (χ2n) is 6.41. The van der Waals surface area contributed by atoms with Gasteiger partial charge in [-0.05, 0) is 41.3 Å². The van der Waals surface area contributed by atoms with Crippen molar-refractivity contribution < 1.29 is 13.5 Å². The van der Waals surface area contributed by atoms with E-state index in [-0.39, 0.29) is 5.75 Å². The predicted octanol–water partition coefficient (Wildman–Crippen LogP) is 5.35. The topological polar surface area (TPSA) is 38.9 Å². The van der Waals surface area contributed by atoms with Crippen molar-refractivity contribution in [2.45, 2.75) is 26.4 Å². The standard InChI is InChI=1S/C21H21F2N3OS/c1-14(2)16-6-4-15(5-7-16)12-25-26-19(13-28-21(26)24-3)17-8-10-18(11-9-17)27-20(22)23/h4-14,20H,1-3H3. The molecule has 0 atom stereocenters. The molecule has 0 spiro atoms. The monoisotopic (exact) mass is 401 g/mol. The first-order chi connectivity index (χ1) is 13.5. The fourth-order valence-electron chi connectivity index (χ4n) is 2.66. The second kappa shape index (κ2) is 8.93. The van der Waals surface area contributed by atoms with Gasteiger partial charge in [-0.3, -0.25) is 4.99 Å². The number of aromatic nitrogens is 1. The minimum absolute atomic E-state index is 0.120. The van der Waals surface area contributed by atoms with Gasteiger partial charge in [-0.25, -0.2) is 4.68 Å². The molecule has 7 heteroatoms. The number of benzene rings is 2. The highest BCUT2D eigenvalue weighted by molar-refractivity contribution is 7.07. The maximum atomic E-state index is 12.3. The molecular formula is C21H21F2N3OS. The summed E-state index contributed by atoms with van der Waals surface area (Å²) < 4.78 is 30.8. The SMILES string of the molecule is CN=c1scc(-c2ccc(OC(F)F)cc2)n1N=Cc1ccc(C(C)C)cc1. The van der Waals surface area contributed by atoms with Crippen molar-refractivity contribution >= 4 is 17.6 Å². The average Bonchev–Trinajstić information content (AvgIpc) is 3.09. The van der Waals surface area contributed by atoms with Crippen LogP contribution in [0.25, 0.3) is 11.3 Å². The number of hydrogen-bond acceptors (Lipinski definition) is 4. The van der Waals surface area contributed by atoms with Crippen LogP contribution in [0.3, 0.4) is 0 Å². The van der Waals surface area contributed by atoms with Gasteiger partial charge < -0.3 is 4.74 Å². The number of hydrogen-bond donors (Lipinski definition) is 0. The fourth-order valence-corrected chi connectivity index (χ4v) is 3.46. The van der Waals surface area contributed by atoms with Gasteiger partial charge in [-0.15, -0.1) is 11.3 Å². The molecule has 146 valence electrons. The normalized spacial score (nSPS) is 12.5. The van der Waals surface area contributed by atoms with Crippen molar-refractivity contribution in [2.24, 2.45) is 10.1 Å². The maximum absolute atomic E-state index is 12.3. The fraction of sp³-hybridized carbons (Fsp3) is 0.238. The molecule has 4 nitrogen and oxygen atoms in total. The number of rotatable bonds is 6. The Bertz CT molecular complexity index is 1000. The Kier molecular flexibility index (Phi) is 6.36. The number of alkyl halides is 2. The molecule has 28 heavy (non-hydrogen) atoms. The van der Waals surface area contributed by atoms with Crippen molar-refractivity contribution in [2.75, 3.05) is 7.05 Å². The molecule has 0 aliphatic carbocycles. The minimum atomic E-state index is -2.84. The Balaban J connectivity index is 1.90. The van der Waals surface area contributed by atoms with Gasteiger partial charge in [0.15, 0.2) is 0 Å². The van der Waals surface area contributed by atoms with E-state index in [1.807, 2.05) is 17.5 Å². The molecule has 0 bridgehead atoms. The van der Waals surface area contributed by atoms with Crippen LogP contribution < -0.4 is 9.54 Å². The molecule has 1 aromatic heterocycles. The van der Waals surface area contributed by atoms with E-state index in [1.54, 1.807) is 30.1 Å². The lowest BCUT2D eigenvalue weighted by atomic mass is 10.0. The summed E-state index contributed by atoms with van der Waals surface area (Å²) in [7, 11) is 1.71. The van der Waals surface area contributed by atoms with E-state index in [1.165, 1.54) is 29.0 Å². The summed E-state index contributed by atoms with van der Waals surface area (Å²) in [5, 5.41) is 6.52. The van der Waals surface area contributed by atoms with Gasteiger partial charge in [0.2, 0.25) is 4.80 Å². The van der Waals surface area contributed by atoms with Gasteiger partial charge in [-0.2, -0.15) is 13.9 Å². The van der Waals surface area contributed by atoms with Crippen LogP contribution in [-0.2, 0) is 0 Å². The largest absolute Gasteiger partial charge is 0.435 e. The Morgan fingerprint density at radius 2 is 1.71 bits per heavy atom. The molecule has 0 aliphatic heterocycles. The summed E-state index contributed by atoms with van der Waals surface area (Å²) in [6.07, 6.45) is 1.78. The first-order valence-corrected chi connectivity index (χ1v) is 9.69. The molecule has 0 amide bonds. The van der Waals surface area contributed by atoms with Gasteiger partial charge in [-0.1, -0.05) is 38.1 Å². The summed E-state index contributed by atoms with van der Waals surface area (Å²) in [5.74, 6) is 0.598. The van der Waals surface area contributed by atoms with E-state index in [4.69, 9.17) is 0 Å². The van der Waals surface area contributed by atoms with E-state index in [9.17, 15) is 8.78 Å². The molecule has 0 N–H and O–H groups in total. The molecule has 3 rings (SSSR count). The summed E-state index contributed by atoms with van der Waals surface area (Å²) in [5.41, 5.74) is 3.91. The molecular weight excluding hydrogens is 380 g/mol. The molecule has 0 saturated carbocycles. The first-order valence-electron chi connectivity index (χ1n) is 8.81. The van der Waals surface area contributed by atoms with Crippen LogP contribution in [0.4, 0.5) is 8.78 Å². The average molecular weight is 401 g/mol. The summed E-state index contributed by atoms with van der Waals surface area (Å²) in [4.78, 5) is 5.00. The first kappa shape index (κ1) is 19.9. The Hall–Kier alpha value is -2.80. The zero-order valence-electron chi connectivity index (χ0n) is 15.8. The highest BCUT2D eigenvalue weighted by Crippen LogP contribution is 2.24. The number of thiazole rings is 1. The smallest absolute Gasteiger partial charge is 0.387 e. The summed E-state index contributed by atoms with van der Waals surface area (Å²) >= 11 is 1.46. The maximum Gasteiger partial charge on any atom is 0.387 e. The quantitative estimate of drug-likeness (QED) is 0.513. The molecule has 0 fully saturated rings. The highest BCUT2D eigenvalue weighted by atomic mass is 32.1. The lowest BCUT2D eigenvalue weighted by Gasteiger charge is -2.07. The second-order valence-corrected chi connectivity index (χ2v) is 7.24. The van der Waals surface area contributed by atoms with Crippen LogP contribution in [0.1, 0.15) is 30.9 Å². The summed E-state index contributed by atoms with van der Waals surface area (Å²) in [6, 6.07) is 14.7. The molecule has 3 aromatic rings. The predicted molar refractivity (Wildman–Crippen MR) is 109 cm³/mol. The third kappa shape index (κ3) is 4.72. The van der Waals surface area contributed by atoms with Crippen LogP contribution in [0.15, 0.2) is 64.0 Å². The van der Waals surface area contributed by atoms with Crippen LogP contribution in [-0.4, -0.2) is 24.5 Å². The Morgan fingerprint density at radius 1 is 1.04 bits per heavy atom. The molecule has 0 unspecified atom stereocenters. The number of nitrogens with zero attached hydrogens (tertiary/aromatic N) is 3.